The molecule has 164 valence electrons. The number of likely N-dealkylation sites (N-methyl/N-ethyl adjacent to an activating group) is 1. The van der Waals surface area contributed by atoms with Crippen molar-refractivity contribution in [1.29, 1.82) is 0 Å². The van der Waals surface area contributed by atoms with Gasteiger partial charge in [-0.1, -0.05) is 24.3 Å². The molecule has 2 atom stereocenters. The van der Waals surface area contributed by atoms with Crippen molar-refractivity contribution >= 4 is 22.5 Å². The van der Waals surface area contributed by atoms with Crippen molar-refractivity contribution in [3.63, 3.8) is 0 Å². The summed E-state index contributed by atoms with van der Waals surface area (Å²) >= 11 is 0. The van der Waals surface area contributed by atoms with E-state index in [1.54, 1.807) is 7.05 Å². The van der Waals surface area contributed by atoms with E-state index in [0.29, 0.717) is 30.2 Å². The average molecular weight is 432 g/mol. The molecule has 32 heavy (non-hydrogen) atoms. The number of hydroxylamine groups is 2. The molecule has 0 saturated carbocycles. The molecule has 4 aromatic rings. The summed E-state index contributed by atoms with van der Waals surface area (Å²) in [6.45, 7) is 0.688. The summed E-state index contributed by atoms with van der Waals surface area (Å²) in [4.78, 5) is 22.4. The van der Waals surface area contributed by atoms with Gasteiger partial charge in [-0.15, -0.1) is 10.2 Å². The molecular weight excluding hydrogens is 408 g/mol. The summed E-state index contributed by atoms with van der Waals surface area (Å²) < 4.78 is 8.27. The first-order valence-corrected chi connectivity index (χ1v) is 10.6. The molecule has 1 amide bonds. The topological polar surface area (TPSA) is 93.9 Å². The molecule has 0 bridgehead atoms. The highest BCUT2D eigenvalue weighted by Gasteiger charge is 2.30. The fraction of sp³-hybridized carbons (Fsp3) is 0.304. The van der Waals surface area contributed by atoms with E-state index in [-0.39, 0.29) is 18.1 Å². The first-order valence-electron chi connectivity index (χ1n) is 10.6. The van der Waals surface area contributed by atoms with Crippen molar-refractivity contribution in [1.82, 2.24) is 30.0 Å². The van der Waals surface area contributed by atoms with E-state index in [9.17, 15) is 4.79 Å². The van der Waals surface area contributed by atoms with Crippen molar-refractivity contribution in [3.8, 4) is 17.3 Å². The minimum absolute atomic E-state index is 0.111. The third kappa shape index (κ3) is 3.76. The van der Waals surface area contributed by atoms with Crippen LogP contribution in [0.1, 0.15) is 12.8 Å². The number of benzene rings is 1. The van der Waals surface area contributed by atoms with Crippen LogP contribution in [0.3, 0.4) is 0 Å². The Morgan fingerprint density at radius 2 is 2.06 bits per heavy atom. The average Bonchev–Trinajstić information content (AvgIpc) is 3.27. The number of para-hydroxylation sites is 1. The number of rotatable bonds is 5. The Balaban J connectivity index is 1.44. The number of pyridine rings is 2. The molecule has 0 aliphatic carbocycles. The van der Waals surface area contributed by atoms with Gasteiger partial charge in [-0.25, -0.2) is 10.0 Å². The second-order valence-electron chi connectivity index (χ2n) is 7.77. The van der Waals surface area contributed by atoms with Crippen LogP contribution in [0.4, 0.5) is 0 Å². The summed E-state index contributed by atoms with van der Waals surface area (Å²) in [5, 5.41) is 14.0. The van der Waals surface area contributed by atoms with Gasteiger partial charge >= 0.3 is 0 Å². The molecule has 0 radical (unpaired) electrons. The lowest BCUT2D eigenvalue weighted by Crippen LogP contribution is -2.51. The van der Waals surface area contributed by atoms with Gasteiger partial charge in [-0.3, -0.25) is 14.0 Å². The van der Waals surface area contributed by atoms with E-state index in [0.717, 1.165) is 23.0 Å². The van der Waals surface area contributed by atoms with Gasteiger partial charge in [0.15, 0.2) is 11.5 Å². The molecule has 5 rings (SSSR count). The predicted octanol–water partition coefficient (Wildman–Crippen LogP) is 2.46. The molecule has 1 aromatic carbocycles. The maximum atomic E-state index is 12.5. The molecule has 1 aliphatic heterocycles. The highest BCUT2D eigenvalue weighted by atomic mass is 16.7. The maximum absolute atomic E-state index is 12.5. The number of amides is 1. The van der Waals surface area contributed by atoms with E-state index in [1.807, 2.05) is 59.1 Å². The summed E-state index contributed by atoms with van der Waals surface area (Å²) in [5.74, 6) is 1.25. The van der Waals surface area contributed by atoms with Gasteiger partial charge in [0.1, 0.15) is 23.1 Å². The van der Waals surface area contributed by atoms with Crippen LogP contribution in [0, 0.1) is 0 Å². The molecule has 9 heteroatoms. The number of nitrogens with one attached hydrogen (secondary N) is 1. The first-order chi connectivity index (χ1) is 15.6. The zero-order chi connectivity index (χ0) is 22.1. The number of nitrogens with zero attached hydrogens (tertiary/aromatic N) is 5. The minimum Gasteiger partial charge on any atom is -0.488 e. The minimum atomic E-state index is -0.348. The molecule has 0 spiro atoms. The Hall–Kier alpha value is -3.56. The highest BCUT2D eigenvalue weighted by molar-refractivity contribution is 5.86. The number of piperidine rings is 1. The zero-order valence-corrected chi connectivity index (χ0v) is 17.9. The molecule has 4 heterocycles. The summed E-state index contributed by atoms with van der Waals surface area (Å²) in [5.41, 5.74) is 2.24. The van der Waals surface area contributed by atoms with Crippen LogP contribution >= 0.6 is 0 Å². The molecule has 9 nitrogen and oxygen atoms in total. The monoisotopic (exact) mass is 432 g/mol. The Labute approximate surface area is 184 Å². The second-order valence-corrected chi connectivity index (χ2v) is 7.77. The summed E-state index contributed by atoms with van der Waals surface area (Å²) in [6, 6.07) is 15.2. The Morgan fingerprint density at radius 3 is 2.94 bits per heavy atom. The van der Waals surface area contributed by atoms with E-state index in [4.69, 9.17) is 14.6 Å². The molecule has 1 aliphatic rings. The van der Waals surface area contributed by atoms with E-state index in [1.165, 1.54) is 12.2 Å². The van der Waals surface area contributed by atoms with Gasteiger partial charge in [-0.05, 0) is 37.2 Å². The van der Waals surface area contributed by atoms with Crippen molar-refractivity contribution in [2.45, 2.75) is 25.0 Å². The number of hydrogen-bond acceptors (Lipinski definition) is 7. The SMILES string of the molecule is CON(C)C(=O)[C@@H]1CC(Oc2cccc3ccc(-c4nnc5ccccn45)nc23)CCN1. The number of hydrogen-bond donors (Lipinski definition) is 1. The third-order valence-electron chi connectivity index (χ3n) is 5.76. The van der Waals surface area contributed by atoms with E-state index in [2.05, 4.69) is 15.5 Å². The Bertz CT molecular complexity index is 1270. The van der Waals surface area contributed by atoms with Crippen LogP contribution < -0.4 is 10.1 Å². The van der Waals surface area contributed by atoms with Crippen molar-refractivity contribution in [2.75, 3.05) is 20.7 Å². The van der Waals surface area contributed by atoms with Crippen LogP contribution in [-0.2, 0) is 9.63 Å². The summed E-state index contributed by atoms with van der Waals surface area (Å²) in [6.07, 6.45) is 3.16. The van der Waals surface area contributed by atoms with E-state index >= 15 is 0 Å². The standard InChI is InChI=1S/C23H24N6O3/c1-28(31-2)23(30)18-14-16(11-12-24-18)32-19-7-5-6-15-9-10-17(25-21(15)19)22-27-26-20-8-3-4-13-29(20)22/h3-10,13,16,18,24H,11-12,14H2,1-2H3/t16?,18-/m0/s1. The van der Waals surface area contributed by atoms with Crippen LogP contribution in [0.25, 0.3) is 28.1 Å². The maximum Gasteiger partial charge on any atom is 0.263 e. The lowest BCUT2D eigenvalue weighted by Gasteiger charge is -2.31. The molecular formula is C23H24N6O3. The zero-order valence-electron chi connectivity index (χ0n) is 17.9. The lowest BCUT2D eigenvalue weighted by molar-refractivity contribution is -0.172. The van der Waals surface area contributed by atoms with Crippen LogP contribution in [-0.4, -0.2) is 63.4 Å². The van der Waals surface area contributed by atoms with Crippen molar-refractivity contribution < 1.29 is 14.4 Å². The Kier molecular flexibility index (Phi) is 5.42. The van der Waals surface area contributed by atoms with Crippen LogP contribution in [0.5, 0.6) is 5.75 Å². The normalized spacial score (nSPS) is 18.7. The Morgan fingerprint density at radius 1 is 1.16 bits per heavy atom. The summed E-state index contributed by atoms with van der Waals surface area (Å²) in [7, 11) is 3.09. The molecule has 1 N–H and O–H groups in total. The number of aromatic nitrogens is 4. The van der Waals surface area contributed by atoms with Crippen molar-refractivity contribution in [3.05, 3.63) is 54.7 Å². The highest BCUT2D eigenvalue weighted by Crippen LogP contribution is 2.29. The van der Waals surface area contributed by atoms with Gasteiger partial charge in [0.2, 0.25) is 0 Å². The predicted molar refractivity (Wildman–Crippen MR) is 119 cm³/mol. The number of ether oxygens (including phenoxy) is 1. The van der Waals surface area contributed by atoms with Crippen LogP contribution in [0.2, 0.25) is 0 Å². The molecule has 1 saturated heterocycles. The van der Waals surface area contributed by atoms with Crippen LogP contribution in [0.15, 0.2) is 54.7 Å². The number of carbonyl (C=O) groups excluding carboxylic acids is 1. The fourth-order valence-electron chi connectivity index (χ4n) is 4.02. The fourth-order valence-corrected chi connectivity index (χ4v) is 4.02. The van der Waals surface area contributed by atoms with Gasteiger partial charge in [0, 0.05) is 25.1 Å². The first kappa shape index (κ1) is 20.3. The number of carbonyl (C=O) groups is 1. The van der Waals surface area contributed by atoms with Gasteiger partial charge in [-0.2, -0.15) is 0 Å². The lowest BCUT2D eigenvalue weighted by atomic mass is 10.0. The third-order valence-corrected chi connectivity index (χ3v) is 5.76. The molecule has 1 unspecified atom stereocenters. The number of fused-ring (bicyclic) bond motifs is 2. The van der Waals surface area contributed by atoms with Gasteiger partial charge < -0.3 is 10.1 Å². The van der Waals surface area contributed by atoms with E-state index < -0.39 is 0 Å². The van der Waals surface area contributed by atoms with Crippen molar-refractivity contribution in [2.24, 2.45) is 0 Å². The molecule has 3 aromatic heterocycles. The smallest absolute Gasteiger partial charge is 0.263 e. The molecule has 1 fully saturated rings. The van der Waals surface area contributed by atoms with Gasteiger partial charge in [0.05, 0.1) is 13.2 Å². The largest absolute Gasteiger partial charge is 0.488 e. The second kappa shape index (κ2) is 8.52. The van der Waals surface area contributed by atoms with Gasteiger partial charge in [0.25, 0.3) is 5.91 Å². The quantitative estimate of drug-likeness (QED) is 0.484.